The van der Waals surface area contributed by atoms with Crippen molar-refractivity contribution in [2.45, 2.75) is 51.6 Å². The Morgan fingerprint density at radius 1 is 1.29 bits per heavy atom. The van der Waals surface area contributed by atoms with Crippen LogP contribution in [0.25, 0.3) is 0 Å². The van der Waals surface area contributed by atoms with Crippen LogP contribution in [0.4, 0.5) is 0 Å². The second-order valence-electron chi connectivity index (χ2n) is 5.26. The zero-order valence-corrected chi connectivity index (χ0v) is 11.3. The van der Waals surface area contributed by atoms with E-state index in [2.05, 4.69) is 44.3 Å². The molecule has 1 aliphatic rings. The fraction of sp³-hybridized carbons (Fsp3) is 0.600. The van der Waals surface area contributed by atoms with Gasteiger partial charge in [0.15, 0.2) is 0 Å². The molecule has 2 rings (SSSR count). The predicted octanol–water partition coefficient (Wildman–Crippen LogP) is 3.25. The molecule has 94 valence electrons. The Balaban J connectivity index is 2.15. The first kappa shape index (κ1) is 12.4. The maximum absolute atomic E-state index is 5.46. The molecule has 2 atom stereocenters. The van der Waals surface area contributed by atoms with Gasteiger partial charge in [0.1, 0.15) is 5.75 Å². The Kier molecular flexibility index (Phi) is 3.72. The van der Waals surface area contributed by atoms with Crippen LogP contribution in [0, 0.1) is 6.92 Å². The molecule has 1 aromatic rings. The highest BCUT2D eigenvalue weighted by atomic mass is 16.5. The van der Waals surface area contributed by atoms with Gasteiger partial charge in [-0.15, -0.1) is 0 Å². The van der Waals surface area contributed by atoms with Crippen LogP contribution in [0.15, 0.2) is 18.2 Å². The Hall–Kier alpha value is -1.02. The Morgan fingerprint density at radius 3 is 2.59 bits per heavy atom. The van der Waals surface area contributed by atoms with Crippen molar-refractivity contribution in [3.05, 3.63) is 29.3 Å². The van der Waals surface area contributed by atoms with E-state index in [9.17, 15) is 0 Å². The first-order valence-corrected chi connectivity index (χ1v) is 6.52. The average Bonchev–Trinajstić information content (AvgIpc) is 3.11. The molecule has 0 bridgehead atoms. The van der Waals surface area contributed by atoms with E-state index in [4.69, 9.17) is 4.74 Å². The van der Waals surface area contributed by atoms with Crippen molar-refractivity contribution in [3.63, 3.8) is 0 Å². The minimum absolute atomic E-state index is 0.477. The summed E-state index contributed by atoms with van der Waals surface area (Å²) >= 11 is 0. The Bertz CT molecular complexity index is 385. The standard InChI is InChI=1S/C15H23NO/c1-10-5-8-15(17-4)14(9-10)11(2)12(3)16-13-6-7-13/h5,8-9,11-13,16H,6-7H2,1-4H3. The van der Waals surface area contributed by atoms with Gasteiger partial charge >= 0.3 is 0 Å². The fourth-order valence-corrected chi connectivity index (χ4v) is 2.25. The third-order valence-corrected chi connectivity index (χ3v) is 3.70. The summed E-state index contributed by atoms with van der Waals surface area (Å²) in [5, 5.41) is 3.67. The molecule has 1 aromatic carbocycles. The van der Waals surface area contributed by atoms with Crippen LogP contribution >= 0.6 is 0 Å². The molecular formula is C15H23NO. The molecule has 0 aliphatic heterocycles. The molecule has 2 heteroatoms. The molecule has 0 spiro atoms. The van der Waals surface area contributed by atoms with Crippen molar-refractivity contribution in [2.24, 2.45) is 0 Å². The fourth-order valence-electron chi connectivity index (χ4n) is 2.25. The second-order valence-corrected chi connectivity index (χ2v) is 5.26. The number of methoxy groups -OCH3 is 1. The summed E-state index contributed by atoms with van der Waals surface area (Å²) in [5.41, 5.74) is 2.61. The molecule has 0 aromatic heterocycles. The van der Waals surface area contributed by atoms with Crippen LogP contribution in [-0.2, 0) is 0 Å². The molecule has 0 amide bonds. The molecule has 2 unspecified atom stereocenters. The van der Waals surface area contributed by atoms with Gasteiger partial charge in [0.05, 0.1) is 7.11 Å². The number of hydrogen-bond acceptors (Lipinski definition) is 2. The largest absolute Gasteiger partial charge is 0.496 e. The molecule has 2 nitrogen and oxygen atoms in total. The van der Waals surface area contributed by atoms with Crippen molar-refractivity contribution in [2.75, 3.05) is 7.11 Å². The normalized spacial score (nSPS) is 18.8. The van der Waals surface area contributed by atoms with Crippen LogP contribution < -0.4 is 10.1 Å². The quantitative estimate of drug-likeness (QED) is 0.843. The van der Waals surface area contributed by atoms with E-state index in [-0.39, 0.29) is 0 Å². The topological polar surface area (TPSA) is 21.3 Å². The lowest BCUT2D eigenvalue weighted by Crippen LogP contribution is -2.32. The number of aryl methyl sites for hydroxylation is 1. The third-order valence-electron chi connectivity index (χ3n) is 3.70. The number of ether oxygens (including phenoxy) is 1. The summed E-state index contributed by atoms with van der Waals surface area (Å²) < 4.78 is 5.46. The van der Waals surface area contributed by atoms with Crippen molar-refractivity contribution in [1.82, 2.24) is 5.32 Å². The lowest BCUT2D eigenvalue weighted by Gasteiger charge is -2.23. The van der Waals surface area contributed by atoms with Gasteiger partial charge < -0.3 is 10.1 Å². The summed E-state index contributed by atoms with van der Waals surface area (Å²) in [7, 11) is 1.75. The van der Waals surface area contributed by atoms with Gasteiger partial charge in [-0.3, -0.25) is 0 Å². The summed E-state index contributed by atoms with van der Waals surface area (Å²) in [6.07, 6.45) is 2.67. The molecule has 0 heterocycles. The van der Waals surface area contributed by atoms with Gasteiger partial charge in [-0.2, -0.15) is 0 Å². The second kappa shape index (κ2) is 5.09. The molecule has 0 saturated heterocycles. The summed E-state index contributed by atoms with van der Waals surface area (Å²) in [6, 6.07) is 7.68. The van der Waals surface area contributed by atoms with Gasteiger partial charge in [-0.1, -0.05) is 24.6 Å². The van der Waals surface area contributed by atoms with E-state index in [1.807, 2.05) is 0 Å². The monoisotopic (exact) mass is 233 g/mol. The highest BCUT2D eigenvalue weighted by Crippen LogP contribution is 2.31. The zero-order valence-electron chi connectivity index (χ0n) is 11.3. The zero-order chi connectivity index (χ0) is 12.4. The van der Waals surface area contributed by atoms with E-state index in [0.717, 1.165) is 11.8 Å². The van der Waals surface area contributed by atoms with Crippen LogP contribution in [0.2, 0.25) is 0 Å². The summed E-state index contributed by atoms with van der Waals surface area (Å²) in [5.74, 6) is 1.48. The smallest absolute Gasteiger partial charge is 0.122 e. The molecule has 1 saturated carbocycles. The maximum atomic E-state index is 5.46. The maximum Gasteiger partial charge on any atom is 0.122 e. The Labute approximate surface area is 104 Å². The minimum atomic E-state index is 0.477. The van der Waals surface area contributed by atoms with Crippen LogP contribution in [0.1, 0.15) is 43.7 Å². The highest BCUT2D eigenvalue weighted by Gasteiger charge is 2.26. The van der Waals surface area contributed by atoms with Gasteiger partial charge in [-0.05, 0) is 44.2 Å². The number of nitrogens with one attached hydrogen (secondary N) is 1. The summed E-state index contributed by atoms with van der Waals surface area (Å²) in [6.45, 7) is 6.68. The SMILES string of the molecule is COc1ccc(C)cc1C(C)C(C)NC1CC1. The van der Waals surface area contributed by atoms with Crippen molar-refractivity contribution >= 4 is 0 Å². The molecule has 17 heavy (non-hydrogen) atoms. The molecule has 1 aliphatic carbocycles. The van der Waals surface area contributed by atoms with E-state index in [0.29, 0.717) is 12.0 Å². The number of rotatable bonds is 5. The predicted molar refractivity (Wildman–Crippen MR) is 71.8 cm³/mol. The van der Waals surface area contributed by atoms with E-state index >= 15 is 0 Å². The summed E-state index contributed by atoms with van der Waals surface area (Å²) in [4.78, 5) is 0. The lowest BCUT2D eigenvalue weighted by molar-refractivity contribution is 0.396. The van der Waals surface area contributed by atoms with Crippen molar-refractivity contribution in [1.29, 1.82) is 0 Å². The van der Waals surface area contributed by atoms with Gasteiger partial charge in [0.2, 0.25) is 0 Å². The van der Waals surface area contributed by atoms with E-state index in [1.165, 1.54) is 24.0 Å². The number of benzene rings is 1. The first-order chi connectivity index (χ1) is 8.11. The molecule has 1 fully saturated rings. The van der Waals surface area contributed by atoms with Gasteiger partial charge in [-0.25, -0.2) is 0 Å². The number of hydrogen-bond donors (Lipinski definition) is 1. The van der Waals surface area contributed by atoms with E-state index < -0.39 is 0 Å². The van der Waals surface area contributed by atoms with Gasteiger partial charge in [0, 0.05) is 12.1 Å². The van der Waals surface area contributed by atoms with Gasteiger partial charge in [0.25, 0.3) is 0 Å². The molecular weight excluding hydrogens is 210 g/mol. The van der Waals surface area contributed by atoms with Crippen LogP contribution in [-0.4, -0.2) is 19.2 Å². The van der Waals surface area contributed by atoms with Crippen molar-refractivity contribution < 1.29 is 4.74 Å². The molecule has 0 radical (unpaired) electrons. The van der Waals surface area contributed by atoms with Crippen LogP contribution in [0.3, 0.4) is 0 Å². The Morgan fingerprint density at radius 2 is 2.00 bits per heavy atom. The lowest BCUT2D eigenvalue weighted by atomic mass is 9.92. The third kappa shape index (κ3) is 3.01. The van der Waals surface area contributed by atoms with Crippen LogP contribution in [0.5, 0.6) is 5.75 Å². The first-order valence-electron chi connectivity index (χ1n) is 6.52. The molecule has 1 N–H and O–H groups in total. The highest BCUT2D eigenvalue weighted by molar-refractivity contribution is 5.39. The van der Waals surface area contributed by atoms with E-state index in [1.54, 1.807) is 7.11 Å². The van der Waals surface area contributed by atoms with Crippen molar-refractivity contribution in [3.8, 4) is 5.75 Å². The average molecular weight is 233 g/mol. The minimum Gasteiger partial charge on any atom is -0.496 e.